The van der Waals surface area contributed by atoms with E-state index in [0.717, 1.165) is 57.1 Å². The number of allylic oxidation sites excluding steroid dienone is 1. The highest BCUT2D eigenvalue weighted by molar-refractivity contribution is 5.38. The molecule has 160 valence electrons. The molecule has 3 aliphatic heterocycles. The van der Waals surface area contributed by atoms with Crippen LogP contribution in [0.25, 0.3) is 0 Å². The highest BCUT2D eigenvalue weighted by atomic mass is 16.3. The van der Waals surface area contributed by atoms with Crippen molar-refractivity contribution in [3.8, 4) is 0 Å². The fraction of sp³-hybridized carbons (Fsp3) is 0.609. The van der Waals surface area contributed by atoms with E-state index in [1.807, 2.05) is 10.8 Å². The molecule has 0 radical (unpaired) electrons. The Labute approximate surface area is 178 Å². The predicted octanol–water partition coefficient (Wildman–Crippen LogP) is 2.64. The van der Waals surface area contributed by atoms with Crippen molar-refractivity contribution in [1.82, 2.24) is 24.6 Å². The quantitative estimate of drug-likeness (QED) is 0.741. The molecule has 3 aliphatic rings. The average molecular weight is 409 g/mol. The van der Waals surface area contributed by atoms with Crippen molar-refractivity contribution in [2.45, 2.75) is 64.2 Å². The first-order valence-corrected chi connectivity index (χ1v) is 11.3. The molecule has 5 rings (SSSR count). The summed E-state index contributed by atoms with van der Waals surface area (Å²) < 4.78 is 1.98. The van der Waals surface area contributed by atoms with Gasteiger partial charge in [0.15, 0.2) is 0 Å². The summed E-state index contributed by atoms with van der Waals surface area (Å²) in [5.41, 5.74) is 4.95. The van der Waals surface area contributed by atoms with E-state index in [-0.39, 0.29) is 6.61 Å². The average Bonchev–Trinajstić information content (AvgIpc) is 3.25. The number of anilines is 1. The Morgan fingerprint density at radius 2 is 2.20 bits per heavy atom. The molecule has 30 heavy (non-hydrogen) atoms. The third-order valence-corrected chi connectivity index (χ3v) is 7.10. The van der Waals surface area contributed by atoms with Gasteiger partial charge in [0.25, 0.3) is 0 Å². The summed E-state index contributed by atoms with van der Waals surface area (Å²) in [6.07, 6.45) is 11.7. The second kappa shape index (κ2) is 8.12. The highest BCUT2D eigenvalue weighted by Gasteiger charge is 2.41. The minimum absolute atomic E-state index is 0.253. The highest BCUT2D eigenvalue weighted by Crippen LogP contribution is 2.44. The van der Waals surface area contributed by atoms with Crippen LogP contribution in [0.4, 0.5) is 5.95 Å². The van der Waals surface area contributed by atoms with Crippen LogP contribution in [0.2, 0.25) is 0 Å². The smallest absolute Gasteiger partial charge is 0.225 e. The molecule has 7 heteroatoms. The first-order valence-electron chi connectivity index (χ1n) is 11.3. The summed E-state index contributed by atoms with van der Waals surface area (Å²) in [7, 11) is 0. The van der Waals surface area contributed by atoms with E-state index in [1.165, 1.54) is 29.7 Å². The summed E-state index contributed by atoms with van der Waals surface area (Å²) in [6.45, 7) is 9.71. The lowest BCUT2D eigenvalue weighted by Crippen LogP contribution is -2.40. The Balaban J connectivity index is 1.35. The van der Waals surface area contributed by atoms with Gasteiger partial charge in [0, 0.05) is 68.3 Å². The SMILES string of the molecule is C=CCn1cc(CN2C3CCC2c2cnc(N4CCCC(CO)C4)nc2C3)c(C)n1. The molecular formula is C23H32N6O. The summed E-state index contributed by atoms with van der Waals surface area (Å²) in [6, 6.07) is 0.945. The first kappa shape index (κ1) is 19.7. The summed E-state index contributed by atoms with van der Waals surface area (Å²) in [5, 5.41) is 14.2. The van der Waals surface area contributed by atoms with Crippen LogP contribution in [0.15, 0.2) is 25.0 Å². The zero-order valence-corrected chi connectivity index (χ0v) is 17.9. The Morgan fingerprint density at radius 1 is 1.30 bits per heavy atom. The first-order chi connectivity index (χ1) is 14.7. The minimum Gasteiger partial charge on any atom is -0.396 e. The molecule has 2 aromatic rings. The van der Waals surface area contributed by atoms with Gasteiger partial charge in [0.1, 0.15) is 0 Å². The molecule has 0 spiro atoms. The molecule has 3 unspecified atom stereocenters. The van der Waals surface area contributed by atoms with Gasteiger partial charge in [-0.15, -0.1) is 6.58 Å². The molecule has 0 saturated carbocycles. The van der Waals surface area contributed by atoms with Crippen molar-refractivity contribution >= 4 is 5.95 Å². The summed E-state index contributed by atoms with van der Waals surface area (Å²) in [4.78, 5) is 14.7. The van der Waals surface area contributed by atoms with Crippen LogP contribution in [0.1, 0.15) is 54.2 Å². The number of aryl methyl sites for hydroxylation is 1. The van der Waals surface area contributed by atoms with Crippen molar-refractivity contribution in [3.05, 3.63) is 47.6 Å². The van der Waals surface area contributed by atoms with Crippen molar-refractivity contribution in [3.63, 3.8) is 0 Å². The molecule has 3 atom stereocenters. The molecular weight excluding hydrogens is 376 g/mol. The van der Waals surface area contributed by atoms with Crippen LogP contribution >= 0.6 is 0 Å². The molecule has 1 N–H and O–H groups in total. The normalized spacial score (nSPS) is 26.1. The number of aromatic nitrogens is 4. The molecule has 0 aromatic carbocycles. The third-order valence-electron chi connectivity index (χ3n) is 7.10. The van der Waals surface area contributed by atoms with Gasteiger partial charge in [-0.2, -0.15) is 5.10 Å². The number of piperidine rings is 1. The molecule has 2 aromatic heterocycles. The van der Waals surface area contributed by atoms with Crippen LogP contribution in [-0.4, -0.2) is 55.5 Å². The molecule has 5 heterocycles. The van der Waals surface area contributed by atoms with E-state index in [4.69, 9.17) is 9.97 Å². The van der Waals surface area contributed by atoms with Crippen LogP contribution in [-0.2, 0) is 19.5 Å². The molecule has 2 bridgehead atoms. The van der Waals surface area contributed by atoms with Crippen LogP contribution < -0.4 is 4.90 Å². The number of fused-ring (bicyclic) bond motifs is 4. The van der Waals surface area contributed by atoms with E-state index in [1.54, 1.807) is 0 Å². The largest absolute Gasteiger partial charge is 0.396 e. The van der Waals surface area contributed by atoms with Crippen molar-refractivity contribution < 1.29 is 5.11 Å². The maximum absolute atomic E-state index is 9.54. The van der Waals surface area contributed by atoms with Crippen molar-refractivity contribution in [2.75, 3.05) is 24.6 Å². The topological polar surface area (TPSA) is 70.3 Å². The van der Waals surface area contributed by atoms with E-state index in [2.05, 4.69) is 40.8 Å². The number of aliphatic hydroxyl groups is 1. The lowest BCUT2D eigenvalue weighted by atomic mass is 9.98. The second-order valence-corrected chi connectivity index (χ2v) is 9.08. The Kier molecular flexibility index (Phi) is 5.33. The van der Waals surface area contributed by atoms with Gasteiger partial charge in [-0.3, -0.25) is 9.58 Å². The van der Waals surface area contributed by atoms with E-state index >= 15 is 0 Å². The van der Waals surface area contributed by atoms with Gasteiger partial charge in [-0.05, 0) is 38.5 Å². The van der Waals surface area contributed by atoms with Crippen LogP contribution in [0, 0.1) is 12.8 Å². The number of aliphatic hydroxyl groups excluding tert-OH is 1. The number of hydrogen-bond donors (Lipinski definition) is 1. The van der Waals surface area contributed by atoms with E-state index < -0.39 is 0 Å². The summed E-state index contributed by atoms with van der Waals surface area (Å²) in [5.74, 6) is 1.19. The van der Waals surface area contributed by atoms with E-state index in [9.17, 15) is 5.11 Å². The maximum Gasteiger partial charge on any atom is 0.225 e. The molecule has 0 aliphatic carbocycles. The molecule has 7 nitrogen and oxygen atoms in total. The Morgan fingerprint density at radius 3 is 3.03 bits per heavy atom. The molecule has 2 saturated heterocycles. The minimum atomic E-state index is 0.253. The second-order valence-electron chi connectivity index (χ2n) is 9.08. The monoisotopic (exact) mass is 408 g/mol. The maximum atomic E-state index is 9.54. The zero-order chi connectivity index (χ0) is 20.7. The van der Waals surface area contributed by atoms with Gasteiger partial charge < -0.3 is 10.0 Å². The van der Waals surface area contributed by atoms with Crippen LogP contribution in [0.5, 0.6) is 0 Å². The fourth-order valence-electron chi connectivity index (χ4n) is 5.49. The number of hydrogen-bond acceptors (Lipinski definition) is 6. The van der Waals surface area contributed by atoms with Gasteiger partial charge in [-0.1, -0.05) is 6.08 Å². The zero-order valence-electron chi connectivity index (χ0n) is 17.9. The van der Waals surface area contributed by atoms with E-state index in [0.29, 0.717) is 18.0 Å². The predicted molar refractivity (Wildman–Crippen MR) is 116 cm³/mol. The number of rotatable bonds is 6. The van der Waals surface area contributed by atoms with Crippen molar-refractivity contribution in [1.29, 1.82) is 0 Å². The lowest BCUT2D eigenvalue weighted by Gasteiger charge is -2.37. The van der Waals surface area contributed by atoms with Gasteiger partial charge in [-0.25, -0.2) is 9.97 Å². The van der Waals surface area contributed by atoms with Crippen LogP contribution in [0.3, 0.4) is 0 Å². The molecule has 2 fully saturated rings. The standard InChI is InChI=1S/C23H32N6O/c1-3-8-28-13-18(16(2)26-28)14-29-19-6-7-22(29)20-11-24-23(25-21(20)10-19)27-9-4-5-17(12-27)15-30/h3,11,13,17,19,22,30H,1,4-10,12,14-15H2,2H3. The summed E-state index contributed by atoms with van der Waals surface area (Å²) >= 11 is 0. The lowest BCUT2D eigenvalue weighted by molar-refractivity contribution is 0.165. The van der Waals surface area contributed by atoms with Gasteiger partial charge >= 0.3 is 0 Å². The van der Waals surface area contributed by atoms with Crippen molar-refractivity contribution in [2.24, 2.45) is 5.92 Å². The van der Waals surface area contributed by atoms with Gasteiger partial charge in [0.05, 0.1) is 17.9 Å². The third kappa shape index (κ3) is 3.54. The Bertz CT molecular complexity index is 924. The molecule has 0 amide bonds. The number of nitrogens with zero attached hydrogens (tertiary/aromatic N) is 6. The fourth-order valence-corrected chi connectivity index (χ4v) is 5.49. The Hall–Kier alpha value is -2.25. The van der Waals surface area contributed by atoms with Gasteiger partial charge in [0.2, 0.25) is 5.95 Å².